The minimum atomic E-state index is -4.82. The second kappa shape index (κ2) is 5.84. The van der Waals surface area contributed by atoms with Crippen molar-refractivity contribution in [3.63, 3.8) is 0 Å². The number of carboxylic acids is 1. The van der Waals surface area contributed by atoms with Gasteiger partial charge in [-0.1, -0.05) is 12.8 Å². The van der Waals surface area contributed by atoms with Crippen LogP contribution >= 0.6 is 0 Å². The Morgan fingerprint density at radius 3 is 2.29 bits per heavy atom. The van der Waals surface area contributed by atoms with Gasteiger partial charge in [0.15, 0.2) is 5.92 Å². The average molecular weight is 272 g/mol. The molecule has 0 radical (unpaired) electrons. The van der Waals surface area contributed by atoms with Crippen LogP contribution in [0.4, 0.5) is 13.2 Å². The SMILES string of the molecule is O=C(O)C(CS(=O)CC1CCCC1)C(F)(F)F. The first-order valence-corrected chi connectivity index (χ1v) is 6.94. The quantitative estimate of drug-likeness (QED) is 0.834. The molecule has 0 bridgehead atoms. The third-order valence-corrected chi connectivity index (χ3v) is 4.49. The molecule has 0 aromatic carbocycles. The first-order valence-electron chi connectivity index (χ1n) is 5.45. The first-order chi connectivity index (χ1) is 7.80. The summed E-state index contributed by atoms with van der Waals surface area (Å²) in [6, 6.07) is 0. The summed E-state index contributed by atoms with van der Waals surface area (Å²) in [4.78, 5) is 10.5. The number of alkyl halides is 3. The highest BCUT2D eigenvalue weighted by Crippen LogP contribution is 2.29. The summed E-state index contributed by atoms with van der Waals surface area (Å²) >= 11 is 0. The van der Waals surface area contributed by atoms with E-state index in [2.05, 4.69) is 0 Å². The Labute approximate surface area is 99.8 Å². The lowest BCUT2D eigenvalue weighted by atomic mass is 10.1. The molecular weight excluding hydrogens is 257 g/mol. The fourth-order valence-corrected chi connectivity index (χ4v) is 3.70. The molecule has 0 amide bonds. The fraction of sp³-hybridized carbons (Fsp3) is 0.900. The zero-order chi connectivity index (χ0) is 13.1. The molecule has 1 saturated carbocycles. The maximum absolute atomic E-state index is 12.3. The van der Waals surface area contributed by atoms with Crippen LogP contribution < -0.4 is 0 Å². The van der Waals surface area contributed by atoms with Gasteiger partial charge in [0.25, 0.3) is 0 Å². The highest BCUT2D eigenvalue weighted by atomic mass is 32.2. The van der Waals surface area contributed by atoms with Crippen LogP contribution in [0.5, 0.6) is 0 Å². The van der Waals surface area contributed by atoms with Crippen LogP contribution in [0.2, 0.25) is 0 Å². The fourth-order valence-electron chi connectivity index (χ4n) is 2.00. The van der Waals surface area contributed by atoms with Crippen LogP contribution in [0.15, 0.2) is 0 Å². The van der Waals surface area contributed by atoms with Crippen molar-refractivity contribution < 1.29 is 27.3 Å². The predicted octanol–water partition coefficient (Wildman–Crippen LogP) is 2.19. The number of halogens is 3. The van der Waals surface area contributed by atoms with E-state index in [-0.39, 0.29) is 11.7 Å². The van der Waals surface area contributed by atoms with E-state index in [0.29, 0.717) is 0 Å². The summed E-state index contributed by atoms with van der Waals surface area (Å²) in [5, 5.41) is 8.46. The maximum Gasteiger partial charge on any atom is 0.403 e. The third kappa shape index (κ3) is 4.65. The molecule has 1 aliphatic carbocycles. The van der Waals surface area contributed by atoms with Crippen molar-refractivity contribution in [3.05, 3.63) is 0 Å². The molecule has 3 nitrogen and oxygen atoms in total. The van der Waals surface area contributed by atoms with E-state index < -0.39 is 34.6 Å². The van der Waals surface area contributed by atoms with E-state index in [1.165, 1.54) is 0 Å². The lowest BCUT2D eigenvalue weighted by Crippen LogP contribution is -2.35. The second-order valence-corrected chi connectivity index (χ2v) is 5.90. The van der Waals surface area contributed by atoms with E-state index >= 15 is 0 Å². The largest absolute Gasteiger partial charge is 0.481 e. The van der Waals surface area contributed by atoms with Crippen LogP contribution in [0.3, 0.4) is 0 Å². The van der Waals surface area contributed by atoms with Crippen molar-refractivity contribution >= 4 is 16.8 Å². The van der Waals surface area contributed by atoms with E-state index in [4.69, 9.17) is 5.11 Å². The Hall–Kier alpha value is -0.590. The van der Waals surface area contributed by atoms with E-state index in [0.717, 1.165) is 25.7 Å². The summed E-state index contributed by atoms with van der Waals surface area (Å²) in [6.07, 6.45) is -1.02. The van der Waals surface area contributed by atoms with Crippen molar-refractivity contribution in [2.75, 3.05) is 11.5 Å². The van der Waals surface area contributed by atoms with Gasteiger partial charge < -0.3 is 5.11 Å². The van der Waals surface area contributed by atoms with Gasteiger partial charge in [0.05, 0.1) is 0 Å². The predicted molar refractivity (Wildman–Crippen MR) is 57.0 cm³/mol. The number of hydrogen-bond donors (Lipinski definition) is 1. The molecule has 1 aliphatic rings. The maximum atomic E-state index is 12.3. The van der Waals surface area contributed by atoms with Crippen molar-refractivity contribution in [2.45, 2.75) is 31.9 Å². The Kier molecular flexibility index (Phi) is 4.97. The molecule has 7 heteroatoms. The molecule has 1 fully saturated rings. The number of carboxylic acid groups (broad SMARTS) is 1. The van der Waals surface area contributed by atoms with Gasteiger partial charge in [-0.05, 0) is 18.8 Å². The van der Waals surface area contributed by atoms with E-state index in [9.17, 15) is 22.2 Å². The molecule has 0 aliphatic heterocycles. The van der Waals surface area contributed by atoms with Gasteiger partial charge in [0, 0.05) is 22.3 Å². The summed E-state index contributed by atoms with van der Waals surface area (Å²) in [5.41, 5.74) is 0. The van der Waals surface area contributed by atoms with Gasteiger partial charge in [0.1, 0.15) is 0 Å². The minimum Gasteiger partial charge on any atom is -0.481 e. The second-order valence-electron chi connectivity index (χ2n) is 4.36. The van der Waals surface area contributed by atoms with Gasteiger partial charge in [-0.25, -0.2) is 0 Å². The highest BCUT2D eigenvalue weighted by molar-refractivity contribution is 7.85. The smallest absolute Gasteiger partial charge is 0.403 e. The monoisotopic (exact) mass is 272 g/mol. The van der Waals surface area contributed by atoms with Crippen molar-refractivity contribution in [1.82, 2.24) is 0 Å². The Morgan fingerprint density at radius 1 is 1.35 bits per heavy atom. The van der Waals surface area contributed by atoms with Crippen LogP contribution in [-0.2, 0) is 15.6 Å². The van der Waals surface area contributed by atoms with Crippen molar-refractivity contribution in [2.24, 2.45) is 11.8 Å². The highest BCUT2D eigenvalue weighted by Gasteiger charge is 2.46. The molecule has 0 aromatic heterocycles. The van der Waals surface area contributed by atoms with Gasteiger partial charge in [-0.2, -0.15) is 13.2 Å². The number of carbonyl (C=O) groups is 1. The standard InChI is InChI=1S/C10H15F3O3S/c11-10(12,13)8(9(14)15)6-17(16)5-7-3-1-2-4-7/h7-8H,1-6H2,(H,14,15). The Balaban J connectivity index is 2.49. The Bertz CT molecular complexity index is 298. The number of rotatable bonds is 5. The molecule has 2 unspecified atom stereocenters. The molecule has 0 spiro atoms. The van der Waals surface area contributed by atoms with Crippen LogP contribution in [-0.4, -0.2) is 33.0 Å². The lowest BCUT2D eigenvalue weighted by Gasteiger charge is -2.16. The van der Waals surface area contributed by atoms with E-state index in [1.54, 1.807) is 0 Å². The molecule has 100 valence electrons. The molecule has 0 heterocycles. The van der Waals surface area contributed by atoms with Gasteiger partial charge in [-0.3, -0.25) is 9.00 Å². The number of hydrogen-bond acceptors (Lipinski definition) is 2. The number of aliphatic carboxylic acids is 1. The average Bonchev–Trinajstić information content (AvgIpc) is 2.64. The van der Waals surface area contributed by atoms with Crippen molar-refractivity contribution in [3.8, 4) is 0 Å². The van der Waals surface area contributed by atoms with Gasteiger partial charge in [-0.15, -0.1) is 0 Å². The van der Waals surface area contributed by atoms with E-state index in [1.807, 2.05) is 0 Å². The van der Waals surface area contributed by atoms with Crippen molar-refractivity contribution in [1.29, 1.82) is 0 Å². The molecule has 17 heavy (non-hydrogen) atoms. The van der Waals surface area contributed by atoms with Crippen LogP contribution in [0.1, 0.15) is 25.7 Å². The van der Waals surface area contributed by atoms with Crippen LogP contribution in [0, 0.1) is 11.8 Å². The zero-order valence-corrected chi connectivity index (χ0v) is 10.0. The molecule has 0 aromatic rings. The Morgan fingerprint density at radius 2 is 1.88 bits per heavy atom. The first kappa shape index (κ1) is 14.5. The molecule has 2 atom stereocenters. The summed E-state index contributed by atoms with van der Waals surface area (Å²) < 4.78 is 48.5. The molecule has 1 rings (SSSR count). The van der Waals surface area contributed by atoms with Gasteiger partial charge in [0.2, 0.25) is 0 Å². The zero-order valence-electron chi connectivity index (χ0n) is 9.20. The lowest BCUT2D eigenvalue weighted by molar-refractivity contribution is -0.188. The molecule has 0 saturated heterocycles. The summed E-state index contributed by atoms with van der Waals surface area (Å²) in [5.74, 6) is -4.89. The topological polar surface area (TPSA) is 54.4 Å². The molecular formula is C10H15F3O3S. The summed E-state index contributed by atoms with van der Waals surface area (Å²) in [6.45, 7) is 0. The van der Waals surface area contributed by atoms with Crippen LogP contribution in [0.25, 0.3) is 0 Å². The molecule has 1 N–H and O–H groups in total. The summed E-state index contributed by atoms with van der Waals surface area (Å²) in [7, 11) is -1.71. The third-order valence-electron chi connectivity index (χ3n) is 2.94. The van der Waals surface area contributed by atoms with Gasteiger partial charge >= 0.3 is 12.1 Å². The normalized spacial score (nSPS) is 21.4. The minimum absolute atomic E-state index is 0.193.